The summed E-state index contributed by atoms with van der Waals surface area (Å²) in [4.78, 5) is 36.5. The number of rotatable bonds is 8. The molecule has 0 fully saturated rings. The summed E-state index contributed by atoms with van der Waals surface area (Å²) >= 11 is 0. The lowest BCUT2D eigenvalue weighted by Gasteiger charge is -2.06. The van der Waals surface area contributed by atoms with E-state index >= 15 is 0 Å². The lowest BCUT2D eigenvalue weighted by Crippen LogP contribution is -2.39. The van der Waals surface area contributed by atoms with E-state index in [0.717, 1.165) is 6.42 Å². The summed E-state index contributed by atoms with van der Waals surface area (Å²) in [6.45, 7) is 2.41. The monoisotopic (exact) mass is 403 g/mol. The summed E-state index contributed by atoms with van der Waals surface area (Å²) in [5, 5.41) is 2.78. The van der Waals surface area contributed by atoms with Crippen LogP contribution in [0.25, 0.3) is 0 Å². The number of ketones is 1. The van der Waals surface area contributed by atoms with E-state index in [1.165, 1.54) is 0 Å². The molecule has 30 heavy (non-hydrogen) atoms. The van der Waals surface area contributed by atoms with Gasteiger partial charge in [-0.3, -0.25) is 9.59 Å². The van der Waals surface area contributed by atoms with Gasteiger partial charge in [0.25, 0.3) is 5.91 Å². The van der Waals surface area contributed by atoms with Crippen molar-refractivity contribution in [1.82, 2.24) is 0 Å². The highest BCUT2D eigenvalue weighted by molar-refractivity contribution is 6.08. The number of nitrogens with one attached hydrogen (secondary N) is 1. The van der Waals surface area contributed by atoms with E-state index in [0.29, 0.717) is 29.0 Å². The number of carbonyl (C=O) groups excluding carboxylic acids is 3. The molecule has 0 saturated carbocycles. The van der Waals surface area contributed by atoms with Gasteiger partial charge in [0.2, 0.25) is 6.54 Å². The molecule has 0 aliphatic heterocycles. The first kappa shape index (κ1) is 20.9. The lowest BCUT2D eigenvalue weighted by atomic mass is 10.0. The summed E-state index contributed by atoms with van der Waals surface area (Å²) in [5.41, 5.74) is 2.21. The molecule has 1 heterocycles. The maximum absolute atomic E-state index is 12.4. The molecule has 2 aromatic carbocycles. The molecule has 6 nitrogen and oxygen atoms in total. The largest absolute Gasteiger partial charge is 0.462 e. The zero-order chi connectivity index (χ0) is 21.3. The van der Waals surface area contributed by atoms with E-state index in [9.17, 15) is 14.4 Å². The number of aromatic nitrogens is 1. The summed E-state index contributed by atoms with van der Waals surface area (Å²) in [6.07, 6.45) is 4.16. The van der Waals surface area contributed by atoms with Crippen molar-refractivity contribution < 1.29 is 23.7 Å². The highest BCUT2D eigenvalue weighted by atomic mass is 16.5. The van der Waals surface area contributed by atoms with Crippen LogP contribution in [-0.4, -0.2) is 24.3 Å². The Balaban J connectivity index is 1.56. The Hall–Kier alpha value is -3.80. The molecular formula is C24H23N2O4+. The van der Waals surface area contributed by atoms with Gasteiger partial charge in [0, 0.05) is 28.9 Å². The maximum Gasteiger partial charge on any atom is 0.338 e. The van der Waals surface area contributed by atoms with Crippen LogP contribution in [0.15, 0.2) is 79.1 Å². The van der Waals surface area contributed by atoms with Gasteiger partial charge in [-0.25, -0.2) is 4.79 Å². The fraction of sp³-hybridized carbons (Fsp3) is 0.167. The predicted octanol–water partition coefficient (Wildman–Crippen LogP) is 3.41. The first-order valence-corrected chi connectivity index (χ1v) is 9.72. The standard InChI is InChI=1S/C24H22N2O4/c1-2-16-30-24(29)20-8-10-21(11-9-20)25-22(27)17-26-14-12-19(13-15-26)23(28)18-6-4-3-5-7-18/h3-15H,2,16-17H2,1H3/p+1. The zero-order valence-electron chi connectivity index (χ0n) is 16.7. The Bertz CT molecular complexity index is 1010. The highest BCUT2D eigenvalue weighted by Crippen LogP contribution is 2.11. The summed E-state index contributed by atoms with van der Waals surface area (Å²) in [6, 6.07) is 19.0. The van der Waals surface area contributed by atoms with Crippen molar-refractivity contribution in [3.8, 4) is 0 Å². The molecule has 1 amide bonds. The molecule has 3 aromatic rings. The molecule has 0 saturated heterocycles. The number of ether oxygens (including phenoxy) is 1. The Kier molecular flexibility index (Phi) is 7.05. The molecule has 0 radical (unpaired) electrons. The molecule has 1 aromatic heterocycles. The molecule has 0 bridgehead atoms. The smallest absolute Gasteiger partial charge is 0.338 e. The summed E-state index contributed by atoms with van der Waals surface area (Å²) in [7, 11) is 0. The second-order valence-electron chi connectivity index (χ2n) is 6.72. The fourth-order valence-corrected chi connectivity index (χ4v) is 2.80. The average Bonchev–Trinajstić information content (AvgIpc) is 2.78. The van der Waals surface area contributed by atoms with Gasteiger partial charge in [0.05, 0.1) is 12.2 Å². The number of hydrogen-bond donors (Lipinski definition) is 1. The number of anilines is 1. The van der Waals surface area contributed by atoms with Crippen LogP contribution < -0.4 is 9.88 Å². The minimum absolute atomic E-state index is 0.0650. The second kappa shape index (κ2) is 10.1. The molecular weight excluding hydrogens is 380 g/mol. The highest BCUT2D eigenvalue weighted by Gasteiger charge is 2.14. The molecule has 6 heteroatoms. The predicted molar refractivity (Wildman–Crippen MR) is 112 cm³/mol. The number of amides is 1. The van der Waals surface area contributed by atoms with Crippen molar-refractivity contribution in [3.05, 3.63) is 95.8 Å². The zero-order valence-corrected chi connectivity index (χ0v) is 16.7. The fourth-order valence-electron chi connectivity index (χ4n) is 2.80. The van der Waals surface area contributed by atoms with Gasteiger partial charge in [0.1, 0.15) is 0 Å². The molecule has 1 N–H and O–H groups in total. The average molecular weight is 403 g/mol. The van der Waals surface area contributed by atoms with Crippen molar-refractivity contribution in [2.75, 3.05) is 11.9 Å². The van der Waals surface area contributed by atoms with Gasteiger partial charge in [0.15, 0.2) is 18.2 Å². The topological polar surface area (TPSA) is 76.3 Å². The minimum Gasteiger partial charge on any atom is -0.462 e. The van der Waals surface area contributed by atoms with Gasteiger partial charge >= 0.3 is 5.97 Å². The molecule has 0 aliphatic rings. The quantitative estimate of drug-likeness (QED) is 0.355. The van der Waals surface area contributed by atoms with Crippen LogP contribution in [0.4, 0.5) is 5.69 Å². The van der Waals surface area contributed by atoms with Crippen LogP contribution in [0.2, 0.25) is 0 Å². The molecule has 0 spiro atoms. The number of nitrogens with zero attached hydrogens (tertiary/aromatic N) is 1. The first-order chi connectivity index (χ1) is 14.6. The van der Waals surface area contributed by atoms with Crippen LogP contribution >= 0.6 is 0 Å². The van der Waals surface area contributed by atoms with Gasteiger partial charge in [-0.05, 0) is 30.7 Å². The van der Waals surface area contributed by atoms with E-state index in [4.69, 9.17) is 4.74 Å². The van der Waals surface area contributed by atoms with Crippen molar-refractivity contribution in [2.24, 2.45) is 0 Å². The number of esters is 1. The Morgan fingerprint density at radius 1 is 0.833 bits per heavy atom. The Labute approximate surface area is 175 Å². The van der Waals surface area contributed by atoms with Gasteiger partial charge in [-0.2, -0.15) is 4.57 Å². The Morgan fingerprint density at radius 3 is 2.10 bits per heavy atom. The maximum atomic E-state index is 12.4. The Morgan fingerprint density at radius 2 is 1.47 bits per heavy atom. The number of hydrogen-bond acceptors (Lipinski definition) is 4. The van der Waals surface area contributed by atoms with Gasteiger partial charge in [-0.15, -0.1) is 0 Å². The van der Waals surface area contributed by atoms with Crippen LogP contribution in [-0.2, 0) is 16.1 Å². The molecule has 0 unspecified atom stereocenters. The number of benzene rings is 2. The molecule has 3 rings (SSSR count). The lowest BCUT2D eigenvalue weighted by molar-refractivity contribution is -0.684. The van der Waals surface area contributed by atoms with E-state index in [1.807, 2.05) is 25.1 Å². The molecule has 0 aliphatic carbocycles. The van der Waals surface area contributed by atoms with Gasteiger partial charge < -0.3 is 10.1 Å². The van der Waals surface area contributed by atoms with Crippen LogP contribution in [0.3, 0.4) is 0 Å². The molecule has 152 valence electrons. The van der Waals surface area contributed by atoms with Crippen molar-refractivity contribution >= 4 is 23.3 Å². The third-order valence-corrected chi connectivity index (χ3v) is 4.36. The summed E-state index contributed by atoms with van der Waals surface area (Å²) in [5.74, 6) is -0.663. The van der Waals surface area contributed by atoms with E-state index in [2.05, 4.69) is 5.32 Å². The third-order valence-electron chi connectivity index (χ3n) is 4.36. The van der Waals surface area contributed by atoms with Crippen molar-refractivity contribution in [1.29, 1.82) is 0 Å². The van der Waals surface area contributed by atoms with Crippen LogP contribution in [0, 0.1) is 0 Å². The molecule has 0 atom stereocenters. The van der Waals surface area contributed by atoms with Crippen molar-refractivity contribution in [2.45, 2.75) is 19.9 Å². The van der Waals surface area contributed by atoms with E-state index in [1.54, 1.807) is 65.5 Å². The third kappa shape index (κ3) is 5.61. The van der Waals surface area contributed by atoms with Crippen LogP contribution in [0.1, 0.15) is 39.6 Å². The normalized spacial score (nSPS) is 10.3. The summed E-state index contributed by atoms with van der Waals surface area (Å²) < 4.78 is 6.77. The van der Waals surface area contributed by atoms with E-state index < -0.39 is 0 Å². The van der Waals surface area contributed by atoms with E-state index in [-0.39, 0.29) is 24.2 Å². The van der Waals surface area contributed by atoms with Crippen molar-refractivity contribution in [3.63, 3.8) is 0 Å². The minimum atomic E-state index is -0.379. The number of pyridine rings is 1. The van der Waals surface area contributed by atoms with Crippen LogP contribution in [0.5, 0.6) is 0 Å². The first-order valence-electron chi connectivity index (χ1n) is 9.72. The SMILES string of the molecule is CCCOC(=O)c1ccc(NC(=O)C[n+]2ccc(C(=O)c3ccccc3)cc2)cc1. The number of carbonyl (C=O) groups is 3. The van der Waals surface area contributed by atoms with Gasteiger partial charge in [-0.1, -0.05) is 37.3 Å². The second-order valence-corrected chi connectivity index (χ2v) is 6.72.